The van der Waals surface area contributed by atoms with E-state index < -0.39 is 61.3 Å². The molecule has 0 aromatic rings. The molecule has 2 heterocycles. The fourth-order valence-electron chi connectivity index (χ4n) is 3.20. The Morgan fingerprint density at radius 2 is 1.45 bits per heavy atom. The molecule has 2 aliphatic heterocycles. The molecule has 0 radical (unpaired) electrons. The highest BCUT2D eigenvalue weighted by Crippen LogP contribution is 2.24. The number of esters is 3. The van der Waals surface area contributed by atoms with E-state index in [1.165, 1.54) is 0 Å². The molecule has 3 N–H and O–H groups in total. The number of ether oxygens (including phenoxy) is 4. The van der Waals surface area contributed by atoms with Crippen LogP contribution >= 0.6 is 0 Å². The maximum Gasteiger partial charge on any atom is 0.362 e. The Hall–Kier alpha value is -2.08. The van der Waals surface area contributed by atoms with Crippen LogP contribution in [0.3, 0.4) is 0 Å². The first-order valence-corrected chi connectivity index (χ1v) is 10.5. The van der Waals surface area contributed by atoms with Crippen molar-refractivity contribution in [1.82, 2.24) is 0 Å². The summed E-state index contributed by atoms with van der Waals surface area (Å²) in [7, 11) is 0. The minimum Gasteiger partial charge on any atom is -0.445 e. The molecular weight excluding hydrogens is 416 g/mol. The summed E-state index contributed by atoms with van der Waals surface area (Å²) in [6, 6.07) is 0. The van der Waals surface area contributed by atoms with Crippen molar-refractivity contribution in [1.29, 1.82) is 0 Å². The van der Waals surface area contributed by atoms with Crippen LogP contribution in [-0.4, -0.2) is 89.4 Å². The summed E-state index contributed by atoms with van der Waals surface area (Å²) in [6.45, 7) is -2.34. The van der Waals surface area contributed by atoms with E-state index in [0.29, 0.717) is 18.9 Å². The number of epoxide rings is 1. The van der Waals surface area contributed by atoms with E-state index in [-0.39, 0.29) is 6.42 Å². The summed E-state index contributed by atoms with van der Waals surface area (Å²) in [6.07, 6.45) is 2.69. The number of carbonyl (C=O) groups excluding carboxylic acids is 4. The van der Waals surface area contributed by atoms with Crippen molar-refractivity contribution < 1.29 is 53.4 Å². The van der Waals surface area contributed by atoms with E-state index in [1.54, 1.807) is 0 Å². The third-order valence-corrected chi connectivity index (χ3v) is 5.23. The normalized spacial score (nSPS) is 28.6. The molecule has 2 rings (SSSR count). The molecule has 2 saturated heterocycles. The predicted octanol–water partition coefficient (Wildman–Crippen LogP) is -0.829. The molecule has 0 aromatic carbocycles. The number of cyclic esters (lactones) is 3. The summed E-state index contributed by atoms with van der Waals surface area (Å²) in [5.41, 5.74) is -2.70. The van der Waals surface area contributed by atoms with Crippen LogP contribution in [0.25, 0.3) is 0 Å². The van der Waals surface area contributed by atoms with Gasteiger partial charge in [-0.3, -0.25) is 4.79 Å². The second kappa shape index (κ2) is 12.1. The number of ketones is 1. The molecule has 4 atom stereocenters. The Kier molecular flexibility index (Phi) is 9.82. The van der Waals surface area contributed by atoms with E-state index >= 15 is 0 Å². The van der Waals surface area contributed by atoms with E-state index in [0.717, 1.165) is 38.7 Å². The topological polar surface area (TPSA) is 169 Å². The standard InChI is InChI=1S/C20H30O11/c21-9-14-17(25)29-15(10-22)18(26)31-20(12-23,19(27)30-14)16(24)8-6-4-2-1-3-5-7-13-11-28-13/h13-15,21-23H,1-12H2. The molecule has 0 aromatic heterocycles. The minimum absolute atomic E-state index is 0.179. The highest BCUT2D eigenvalue weighted by Gasteiger charge is 2.53. The van der Waals surface area contributed by atoms with Crippen molar-refractivity contribution in [2.24, 2.45) is 0 Å². The quantitative estimate of drug-likeness (QED) is 0.106. The Labute approximate surface area is 179 Å². The zero-order valence-electron chi connectivity index (χ0n) is 17.3. The second-order valence-electron chi connectivity index (χ2n) is 7.63. The van der Waals surface area contributed by atoms with Crippen molar-refractivity contribution in [3.05, 3.63) is 0 Å². The summed E-state index contributed by atoms with van der Waals surface area (Å²) in [4.78, 5) is 49.5. The molecule has 0 saturated carbocycles. The lowest BCUT2D eigenvalue weighted by Gasteiger charge is -2.28. The Morgan fingerprint density at radius 1 is 0.871 bits per heavy atom. The molecule has 4 unspecified atom stereocenters. The zero-order chi connectivity index (χ0) is 22.9. The van der Waals surface area contributed by atoms with Crippen molar-refractivity contribution >= 4 is 23.7 Å². The Balaban J connectivity index is 1.95. The van der Waals surface area contributed by atoms with Crippen LogP contribution in [0.5, 0.6) is 0 Å². The summed E-state index contributed by atoms with van der Waals surface area (Å²) < 4.78 is 19.5. The minimum atomic E-state index is -2.70. The molecule has 2 fully saturated rings. The van der Waals surface area contributed by atoms with Crippen LogP contribution in [0.1, 0.15) is 51.4 Å². The van der Waals surface area contributed by atoms with E-state index in [1.807, 2.05) is 0 Å². The van der Waals surface area contributed by atoms with Gasteiger partial charge in [0.05, 0.1) is 25.9 Å². The molecule has 31 heavy (non-hydrogen) atoms. The molecule has 0 aliphatic carbocycles. The van der Waals surface area contributed by atoms with Gasteiger partial charge in [-0.2, -0.15) is 0 Å². The van der Waals surface area contributed by atoms with Crippen LogP contribution in [-0.2, 0) is 38.1 Å². The second-order valence-corrected chi connectivity index (χ2v) is 7.63. The van der Waals surface area contributed by atoms with E-state index in [2.05, 4.69) is 4.74 Å². The van der Waals surface area contributed by atoms with E-state index in [9.17, 15) is 34.5 Å². The molecule has 11 nitrogen and oxygen atoms in total. The van der Waals surface area contributed by atoms with Gasteiger partial charge in [-0.25, -0.2) is 14.4 Å². The van der Waals surface area contributed by atoms with Crippen LogP contribution in [0, 0.1) is 0 Å². The molecule has 11 heteroatoms. The van der Waals surface area contributed by atoms with Gasteiger partial charge in [0.15, 0.2) is 5.78 Å². The Bertz CT molecular complexity index is 643. The molecular formula is C20H30O11. The van der Waals surface area contributed by atoms with Crippen LogP contribution in [0.2, 0.25) is 0 Å². The first kappa shape index (κ1) is 25.2. The summed E-state index contributed by atoms with van der Waals surface area (Å²) in [5.74, 6) is -5.05. The number of Topliss-reactive ketones (excluding diaryl/α,β-unsaturated/α-hetero) is 1. The lowest BCUT2D eigenvalue weighted by molar-refractivity contribution is -0.194. The highest BCUT2D eigenvalue weighted by molar-refractivity contribution is 6.09. The number of hydrogen-bond acceptors (Lipinski definition) is 11. The number of hydrogen-bond donors (Lipinski definition) is 3. The number of aliphatic hydroxyl groups excluding tert-OH is 3. The highest BCUT2D eigenvalue weighted by atomic mass is 16.7. The van der Waals surface area contributed by atoms with Crippen molar-refractivity contribution in [3.8, 4) is 0 Å². The van der Waals surface area contributed by atoms with Gasteiger partial charge >= 0.3 is 17.9 Å². The van der Waals surface area contributed by atoms with E-state index in [4.69, 9.17) is 14.2 Å². The molecule has 0 spiro atoms. The number of unbranched alkanes of at least 4 members (excludes halogenated alkanes) is 5. The lowest BCUT2D eigenvalue weighted by atomic mass is 9.94. The van der Waals surface area contributed by atoms with Crippen LogP contribution in [0.4, 0.5) is 0 Å². The fraction of sp³-hybridized carbons (Fsp3) is 0.800. The summed E-state index contributed by atoms with van der Waals surface area (Å²) in [5, 5.41) is 28.3. The molecule has 0 bridgehead atoms. The maximum absolute atomic E-state index is 12.8. The number of aliphatic hydroxyl groups is 3. The van der Waals surface area contributed by atoms with Crippen molar-refractivity contribution in [2.75, 3.05) is 26.4 Å². The van der Waals surface area contributed by atoms with Gasteiger partial charge in [0, 0.05) is 6.42 Å². The number of rotatable bonds is 13. The third-order valence-electron chi connectivity index (χ3n) is 5.23. The molecule has 2 aliphatic rings. The summed E-state index contributed by atoms with van der Waals surface area (Å²) >= 11 is 0. The van der Waals surface area contributed by atoms with Gasteiger partial charge in [0.2, 0.25) is 12.2 Å². The molecule has 0 amide bonds. The van der Waals surface area contributed by atoms with Gasteiger partial charge in [0.1, 0.15) is 6.61 Å². The predicted molar refractivity (Wildman–Crippen MR) is 102 cm³/mol. The smallest absolute Gasteiger partial charge is 0.362 e. The number of carbonyl (C=O) groups is 4. The van der Waals surface area contributed by atoms with Crippen molar-refractivity contribution in [2.45, 2.75) is 75.3 Å². The average Bonchev–Trinajstić information content (AvgIpc) is 3.58. The molecule has 176 valence electrons. The fourth-order valence-corrected chi connectivity index (χ4v) is 3.20. The van der Waals surface area contributed by atoms with Crippen LogP contribution in [0.15, 0.2) is 0 Å². The van der Waals surface area contributed by atoms with Gasteiger partial charge < -0.3 is 34.3 Å². The van der Waals surface area contributed by atoms with Gasteiger partial charge in [-0.15, -0.1) is 0 Å². The van der Waals surface area contributed by atoms with Gasteiger partial charge in [-0.05, 0) is 12.8 Å². The van der Waals surface area contributed by atoms with Crippen molar-refractivity contribution in [3.63, 3.8) is 0 Å². The first-order chi connectivity index (χ1) is 14.9. The SMILES string of the molecule is O=C1OC(CO)(C(=O)CCCCCCCCC2CO2)C(=O)OC(CO)C(=O)OC1CO. The van der Waals surface area contributed by atoms with Gasteiger partial charge in [0.25, 0.3) is 5.60 Å². The van der Waals surface area contributed by atoms with Gasteiger partial charge in [-0.1, -0.05) is 32.1 Å². The largest absolute Gasteiger partial charge is 0.445 e. The van der Waals surface area contributed by atoms with Crippen LogP contribution < -0.4 is 0 Å². The lowest BCUT2D eigenvalue weighted by Crippen LogP contribution is -2.56. The maximum atomic E-state index is 12.8. The Morgan fingerprint density at radius 3 is 2.03 bits per heavy atom. The third kappa shape index (κ3) is 6.96. The first-order valence-electron chi connectivity index (χ1n) is 10.5. The monoisotopic (exact) mass is 446 g/mol. The zero-order valence-corrected chi connectivity index (χ0v) is 17.3. The average molecular weight is 446 g/mol.